The number of hydrogen-bond acceptors (Lipinski definition) is 3. The lowest BCUT2D eigenvalue weighted by Crippen LogP contribution is -2.45. The summed E-state index contributed by atoms with van der Waals surface area (Å²) in [5.74, 6) is 1.80. The SMILES string of the molecule is CCC(C)C(N)C(=O)N(C)Cc1ccc(C)o1. The van der Waals surface area contributed by atoms with Crippen molar-refractivity contribution in [2.75, 3.05) is 7.05 Å². The van der Waals surface area contributed by atoms with Crippen LogP contribution in [0.15, 0.2) is 16.5 Å². The predicted molar refractivity (Wildman–Crippen MR) is 67.3 cm³/mol. The Morgan fingerprint density at radius 2 is 2.18 bits per heavy atom. The molecule has 0 aliphatic rings. The number of nitrogens with zero attached hydrogens (tertiary/aromatic N) is 1. The zero-order chi connectivity index (χ0) is 13.0. The van der Waals surface area contributed by atoms with Crippen LogP contribution in [-0.4, -0.2) is 23.9 Å². The van der Waals surface area contributed by atoms with Crippen LogP contribution in [0.5, 0.6) is 0 Å². The molecule has 96 valence electrons. The molecule has 1 heterocycles. The Bertz CT molecular complexity index is 373. The summed E-state index contributed by atoms with van der Waals surface area (Å²) in [5.41, 5.74) is 5.91. The third kappa shape index (κ3) is 3.60. The van der Waals surface area contributed by atoms with Crippen LogP contribution < -0.4 is 5.73 Å². The van der Waals surface area contributed by atoms with Crippen LogP contribution in [0.2, 0.25) is 0 Å². The van der Waals surface area contributed by atoms with E-state index in [2.05, 4.69) is 0 Å². The van der Waals surface area contributed by atoms with Gasteiger partial charge in [0.15, 0.2) is 0 Å². The van der Waals surface area contributed by atoms with Gasteiger partial charge in [-0.15, -0.1) is 0 Å². The number of amides is 1. The molecule has 2 unspecified atom stereocenters. The number of carbonyl (C=O) groups excluding carboxylic acids is 1. The molecule has 0 aromatic carbocycles. The average molecular weight is 238 g/mol. The molecule has 0 spiro atoms. The van der Waals surface area contributed by atoms with Gasteiger partial charge in [0.2, 0.25) is 5.91 Å². The average Bonchev–Trinajstić information content (AvgIpc) is 2.71. The molecular weight excluding hydrogens is 216 g/mol. The smallest absolute Gasteiger partial charge is 0.239 e. The fourth-order valence-corrected chi connectivity index (χ4v) is 1.63. The molecule has 4 heteroatoms. The van der Waals surface area contributed by atoms with E-state index in [1.165, 1.54) is 0 Å². The third-order valence-electron chi connectivity index (χ3n) is 3.11. The molecule has 1 aromatic rings. The van der Waals surface area contributed by atoms with Gasteiger partial charge in [0.05, 0.1) is 12.6 Å². The number of nitrogens with two attached hydrogens (primary N) is 1. The third-order valence-corrected chi connectivity index (χ3v) is 3.11. The van der Waals surface area contributed by atoms with E-state index >= 15 is 0 Å². The van der Waals surface area contributed by atoms with Crippen LogP contribution in [0.1, 0.15) is 31.8 Å². The van der Waals surface area contributed by atoms with Crippen molar-refractivity contribution in [2.45, 2.75) is 39.8 Å². The van der Waals surface area contributed by atoms with Crippen LogP contribution >= 0.6 is 0 Å². The van der Waals surface area contributed by atoms with E-state index in [-0.39, 0.29) is 11.8 Å². The van der Waals surface area contributed by atoms with Gasteiger partial charge < -0.3 is 15.1 Å². The highest BCUT2D eigenvalue weighted by atomic mass is 16.3. The number of likely N-dealkylation sites (N-methyl/N-ethyl adjacent to an activating group) is 1. The number of hydrogen-bond donors (Lipinski definition) is 1. The zero-order valence-corrected chi connectivity index (χ0v) is 11.1. The second-order valence-corrected chi connectivity index (χ2v) is 4.62. The quantitative estimate of drug-likeness (QED) is 0.852. The number of aryl methyl sites for hydroxylation is 1. The van der Waals surface area contributed by atoms with Gasteiger partial charge in [0, 0.05) is 7.05 Å². The first-order valence-electron chi connectivity index (χ1n) is 6.01. The fraction of sp³-hybridized carbons (Fsp3) is 0.615. The molecule has 4 nitrogen and oxygen atoms in total. The maximum absolute atomic E-state index is 12.0. The lowest BCUT2D eigenvalue weighted by atomic mass is 9.99. The van der Waals surface area contributed by atoms with E-state index in [9.17, 15) is 4.79 Å². The summed E-state index contributed by atoms with van der Waals surface area (Å²) in [7, 11) is 1.75. The molecule has 1 amide bonds. The molecule has 17 heavy (non-hydrogen) atoms. The van der Waals surface area contributed by atoms with Crippen LogP contribution in [0.4, 0.5) is 0 Å². The predicted octanol–water partition coefficient (Wildman–Crippen LogP) is 1.92. The van der Waals surface area contributed by atoms with Crippen LogP contribution in [0, 0.1) is 12.8 Å². The zero-order valence-electron chi connectivity index (χ0n) is 11.1. The number of furan rings is 1. The minimum Gasteiger partial charge on any atom is -0.464 e. The van der Waals surface area contributed by atoms with Gasteiger partial charge in [-0.25, -0.2) is 0 Å². The normalized spacial score (nSPS) is 14.4. The highest BCUT2D eigenvalue weighted by molar-refractivity contribution is 5.81. The largest absolute Gasteiger partial charge is 0.464 e. The molecule has 0 saturated carbocycles. The van der Waals surface area contributed by atoms with E-state index < -0.39 is 6.04 Å². The second-order valence-electron chi connectivity index (χ2n) is 4.62. The Hall–Kier alpha value is -1.29. The van der Waals surface area contributed by atoms with Gasteiger partial charge in [0.25, 0.3) is 0 Å². The number of rotatable bonds is 5. The van der Waals surface area contributed by atoms with Gasteiger partial charge >= 0.3 is 0 Å². The van der Waals surface area contributed by atoms with Gasteiger partial charge in [-0.1, -0.05) is 20.3 Å². The molecule has 1 rings (SSSR count). The first-order chi connectivity index (χ1) is 7.95. The van der Waals surface area contributed by atoms with E-state index in [4.69, 9.17) is 10.2 Å². The molecule has 0 aliphatic heterocycles. The monoisotopic (exact) mass is 238 g/mol. The van der Waals surface area contributed by atoms with Crippen molar-refractivity contribution in [3.63, 3.8) is 0 Å². The molecule has 0 fully saturated rings. The van der Waals surface area contributed by atoms with Crippen molar-refractivity contribution >= 4 is 5.91 Å². The van der Waals surface area contributed by atoms with E-state index in [1.807, 2.05) is 32.9 Å². The lowest BCUT2D eigenvalue weighted by molar-refractivity contribution is -0.133. The summed E-state index contributed by atoms with van der Waals surface area (Å²) < 4.78 is 5.44. The van der Waals surface area contributed by atoms with Crippen molar-refractivity contribution in [3.05, 3.63) is 23.7 Å². The van der Waals surface area contributed by atoms with Crippen LogP contribution in [-0.2, 0) is 11.3 Å². The Kier molecular flexibility index (Phi) is 4.75. The molecule has 2 N–H and O–H groups in total. The number of carbonyl (C=O) groups is 1. The Morgan fingerprint density at radius 3 is 2.65 bits per heavy atom. The van der Waals surface area contributed by atoms with Crippen LogP contribution in [0.25, 0.3) is 0 Å². The first kappa shape index (κ1) is 13.8. The van der Waals surface area contributed by atoms with Gasteiger partial charge in [-0.3, -0.25) is 4.79 Å². The summed E-state index contributed by atoms with van der Waals surface area (Å²) in [4.78, 5) is 13.6. The first-order valence-corrected chi connectivity index (χ1v) is 6.01. The molecular formula is C13H22N2O2. The summed E-state index contributed by atoms with van der Waals surface area (Å²) in [6.45, 7) is 6.38. The highest BCUT2D eigenvalue weighted by Crippen LogP contribution is 2.12. The summed E-state index contributed by atoms with van der Waals surface area (Å²) >= 11 is 0. The Morgan fingerprint density at radius 1 is 1.53 bits per heavy atom. The van der Waals surface area contributed by atoms with E-state index in [0.717, 1.165) is 17.9 Å². The van der Waals surface area contributed by atoms with Crippen molar-refractivity contribution in [2.24, 2.45) is 11.7 Å². The maximum Gasteiger partial charge on any atom is 0.239 e. The molecule has 0 radical (unpaired) electrons. The highest BCUT2D eigenvalue weighted by Gasteiger charge is 2.23. The van der Waals surface area contributed by atoms with Gasteiger partial charge in [-0.05, 0) is 25.0 Å². The summed E-state index contributed by atoms with van der Waals surface area (Å²) in [6.07, 6.45) is 0.903. The molecule has 0 aliphatic carbocycles. The topological polar surface area (TPSA) is 59.5 Å². The van der Waals surface area contributed by atoms with Crippen molar-refractivity contribution < 1.29 is 9.21 Å². The Labute approximate surface area is 103 Å². The maximum atomic E-state index is 12.0. The summed E-state index contributed by atoms with van der Waals surface area (Å²) in [6, 6.07) is 3.34. The molecule has 2 atom stereocenters. The second kappa shape index (κ2) is 5.87. The fourth-order valence-electron chi connectivity index (χ4n) is 1.63. The summed E-state index contributed by atoms with van der Waals surface area (Å²) in [5, 5.41) is 0. The lowest BCUT2D eigenvalue weighted by Gasteiger charge is -2.23. The molecule has 0 bridgehead atoms. The van der Waals surface area contributed by atoms with Crippen LogP contribution in [0.3, 0.4) is 0 Å². The van der Waals surface area contributed by atoms with Crippen molar-refractivity contribution in [3.8, 4) is 0 Å². The standard InChI is InChI=1S/C13H22N2O2/c1-5-9(2)12(14)13(16)15(4)8-11-7-6-10(3)17-11/h6-7,9,12H,5,8,14H2,1-4H3. The molecule has 1 aromatic heterocycles. The van der Waals surface area contributed by atoms with Gasteiger partial charge in [0.1, 0.15) is 11.5 Å². The van der Waals surface area contributed by atoms with Gasteiger partial charge in [-0.2, -0.15) is 0 Å². The van der Waals surface area contributed by atoms with E-state index in [1.54, 1.807) is 11.9 Å². The van der Waals surface area contributed by atoms with Crippen molar-refractivity contribution in [1.82, 2.24) is 4.90 Å². The van der Waals surface area contributed by atoms with E-state index in [0.29, 0.717) is 6.54 Å². The minimum atomic E-state index is -0.430. The molecule has 0 saturated heterocycles. The minimum absolute atomic E-state index is 0.0339. The Balaban J connectivity index is 2.58. The van der Waals surface area contributed by atoms with Crippen molar-refractivity contribution in [1.29, 1.82) is 0 Å².